The Balaban J connectivity index is 2.32. The maximum atomic E-state index is 11.3. The van der Waals surface area contributed by atoms with E-state index in [2.05, 4.69) is 4.98 Å². The molecule has 0 spiro atoms. The Bertz CT molecular complexity index is 473. The Morgan fingerprint density at radius 2 is 1.95 bits per heavy atom. The molecule has 20 heavy (non-hydrogen) atoms. The highest BCUT2D eigenvalue weighted by Gasteiger charge is 2.38. The third kappa shape index (κ3) is 2.74. The second kappa shape index (κ2) is 5.82. The summed E-state index contributed by atoms with van der Waals surface area (Å²) in [5, 5.41) is 12.1. The van der Waals surface area contributed by atoms with Crippen LogP contribution in [0.5, 0.6) is 0 Å². The quantitative estimate of drug-likeness (QED) is 0.861. The summed E-state index contributed by atoms with van der Waals surface area (Å²) < 4.78 is 5.83. The van der Waals surface area contributed by atoms with Gasteiger partial charge >= 0.3 is 5.97 Å². The second-order valence-corrected chi connectivity index (χ2v) is 6.94. The Morgan fingerprint density at radius 3 is 2.45 bits per heavy atom. The molecule has 1 fully saturated rings. The van der Waals surface area contributed by atoms with E-state index in [-0.39, 0.29) is 5.60 Å². The van der Waals surface area contributed by atoms with Crippen LogP contribution in [0, 0.1) is 0 Å². The van der Waals surface area contributed by atoms with Crippen LogP contribution in [-0.2, 0) is 20.5 Å². The monoisotopic (exact) mass is 297 g/mol. The average Bonchev–Trinajstić information content (AvgIpc) is 2.80. The first-order valence-corrected chi connectivity index (χ1v) is 8.05. The molecule has 0 bridgehead atoms. The van der Waals surface area contributed by atoms with Gasteiger partial charge in [-0.2, -0.15) is 0 Å². The van der Waals surface area contributed by atoms with Crippen molar-refractivity contribution in [2.75, 3.05) is 7.11 Å². The number of carboxylic acid groups (broad SMARTS) is 1. The third-order valence-corrected chi connectivity index (χ3v) is 5.40. The van der Waals surface area contributed by atoms with Gasteiger partial charge in [0.05, 0.1) is 5.69 Å². The van der Waals surface area contributed by atoms with E-state index in [9.17, 15) is 9.90 Å². The van der Waals surface area contributed by atoms with Gasteiger partial charge in [0.2, 0.25) is 0 Å². The van der Waals surface area contributed by atoms with Crippen LogP contribution in [0.4, 0.5) is 0 Å². The molecule has 1 heterocycles. The molecule has 2 rings (SSSR count). The average molecular weight is 297 g/mol. The minimum atomic E-state index is -0.950. The molecule has 1 aliphatic carbocycles. The summed E-state index contributed by atoms with van der Waals surface area (Å²) in [6.07, 6.45) is 6.72. The van der Waals surface area contributed by atoms with Crippen LogP contribution in [-0.4, -0.2) is 23.2 Å². The fourth-order valence-electron chi connectivity index (χ4n) is 2.68. The first-order valence-electron chi connectivity index (χ1n) is 7.17. The SMILES string of the molecule is COC1(c2nc(C(C)(C)C(=O)O)cs2)CCCCCC1. The molecule has 1 aromatic rings. The molecule has 0 aromatic carbocycles. The predicted octanol–water partition coefficient (Wildman–Crippen LogP) is 3.70. The van der Waals surface area contributed by atoms with Crippen molar-refractivity contribution in [3.05, 3.63) is 16.1 Å². The number of carboxylic acids is 1. The van der Waals surface area contributed by atoms with E-state index >= 15 is 0 Å². The van der Waals surface area contributed by atoms with Crippen molar-refractivity contribution in [1.29, 1.82) is 0 Å². The molecule has 4 nitrogen and oxygen atoms in total. The van der Waals surface area contributed by atoms with E-state index in [0.717, 1.165) is 30.7 Å². The highest BCUT2D eigenvalue weighted by atomic mass is 32.1. The summed E-state index contributed by atoms with van der Waals surface area (Å²) in [6.45, 7) is 3.39. The second-order valence-electron chi connectivity index (χ2n) is 6.08. The molecule has 112 valence electrons. The highest BCUT2D eigenvalue weighted by Crippen LogP contribution is 2.41. The minimum Gasteiger partial charge on any atom is -0.481 e. The summed E-state index contributed by atoms with van der Waals surface area (Å²) in [7, 11) is 1.74. The molecule has 0 atom stereocenters. The Labute approximate surface area is 124 Å². The van der Waals surface area contributed by atoms with Crippen molar-refractivity contribution in [3.8, 4) is 0 Å². The number of aromatic nitrogens is 1. The molecular weight excluding hydrogens is 274 g/mol. The summed E-state index contributed by atoms with van der Waals surface area (Å²) >= 11 is 1.53. The van der Waals surface area contributed by atoms with Crippen LogP contribution >= 0.6 is 11.3 Å². The van der Waals surface area contributed by atoms with Gasteiger partial charge in [0, 0.05) is 12.5 Å². The molecule has 0 saturated heterocycles. The smallest absolute Gasteiger partial charge is 0.315 e. The maximum Gasteiger partial charge on any atom is 0.315 e. The first kappa shape index (κ1) is 15.4. The Kier molecular flexibility index (Phi) is 4.49. The molecule has 5 heteroatoms. The number of carbonyl (C=O) groups is 1. The fraction of sp³-hybridized carbons (Fsp3) is 0.733. The van der Waals surface area contributed by atoms with Crippen molar-refractivity contribution >= 4 is 17.3 Å². The van der Waals surface area contributed by atoms with E-state index < -0.39 is 11.4 Å². The van der Waals surface area contributed by atoms with Crippen LogP contribution in [0.25, 0.3) is 0 Å². The van der Waals surface area contributed by atoms with Crippen LogP contribution in [0.2, 0.25) is 0 Å². The largest absolute Gasteiger partial charge is 0.481 e. The number of hydrogen-bond donors (Lipinski definition) is 1. The zero-order valence-corrected chi connectivity index (χ0v) is 13.3. The van der Waals surface area contributed by atoms with Crippen molar-refractivity contribution in [1.82, 2.24) is 4.98 Å². The molecular formula is C15H23NO3S. The van der Waals surface area contributed by atoms with Gasteiger partial charge in [-0.1, -0.05) is 25.7 Å². The number of thiazole rings is 1. The Morgan fingerprint density at radius 1 is 1.35 bits per heavy atom. The highest BCUT2D eigenvalue weighted by molar-refractivity contribution is 7.09. The van der Waals surface area contributed by atoms with Gasteiger partial charge in [-0.05, 0) is 26.7 Å². The number of nitrogens with zero attached hydrogens (tertiary/aromatic N) is 1. The molecule has 0 aliphatic heterocycles. The van der Waals surface area contributed by atoms with Crippen molar-refractivity contribution in [3.63, 3.8) is 0 Å². The van der Waals surface area contributed by atoms with E-state index in [1.54, 1.807) is 21.0 Å². The number of methoxy groups -OCH3 is 1. The summed E-state index contributed by atoms with van der Waals surface area (Å²) in [5.41, 5.74) is -0.631. The molecule has 1 saturated carbocycles. The normalized spacial score (nSPS) is 19.6. The Hall–Kier alpha value is -0.940. The van der Waals surface area contributed by atoms with Crippen molar-refractivity contribution in [2.24, 2.45) is 0 Å². The minimum absolute atomic E-state index is 0.312. The topological polar surface area (TPSA) is 59.4 Å². The van der Waals surface area contributed by atoms with E-state index in [1.165, 1.54) is 24.2 Å². The van der Waals surface area contributed by atoms with Gasteiger partial charge in [-0.15, -0.1) is 11.3 Å². The van der Waals surface area contributed by atoms with Gasteiger partial charge in [0.15, 0.2) is 0 Å². The first-order chi connectivity index (χ1) is 9.42. The zero-order chi connectivity index (χ0) is 14.8. The summed E-state index contributed by atoms with van der Waals surface area (Å²) in [5.74, 6) is -0.846. The standard InChI is InChI=1S/C15H23NO3S/c1-14(2,13(17)18)11-10-20-12(16-11)15(19-3)8-6-4-5-7-9-15/h10H,4-9H2,1-3H3,(H,17,18). The maximum absolute atomic E-state index is 11.3. The fourth-order valence-corrected chi connectivity index (χ4v) is 3.91. The zero-order valence-electron chi connectivity index (χ0n) is 12.4. The van der Waals surface area contributed by atoms with Crippen molar-refractivity contribution in [2.45, 2.75) is 63.4 Å². The lowest BCUT2D eigenvalue weighted by atomic mass is 9.90. The summed E-state index contributed by atoms with van der Waals surface area (Å²) in [6, 6.07) is 0. The van der Waals surface area contributed by atoms with Crippen LogP contribution in [0.1, 0.15) is 63.1 Å². The number of aliphatic carboxylic acids is 1. The van der Waals surface area contributed by atoms with Gasteiger partial charge in [-0.25, -0.2) is 4.98 Å². The van der Waals surface area contributed by atoms with Crippen LogP contribution in [0.3, 0.4) is 0 Å². The third-order valence-electron chi connectivity index (χ3n) is 4.37. The van der Waals surface area contributed by atoms with Gasteiger partial charge in [0.25, 0.3) is 0 Å². The number of hydrogen-bond acceptors (Lipinski definition) is 4. The van der Waals surface area contributed by atoms with Crippen LogP contribution < -0.4 is 0 Å². The lowest BCUT2D eigenvalue weighted by Crippen LogP contribution is -2.31. The van der Waals surface area contributed by atoms with E-state index in [0.29, 0.717) is 5.69 Å². The van der Waals surface area contributed by atoms with E-state index in [1.807, 2.05) is 5.38 Å². The van der Waals surface area contributed by atoms with Gasteiger partial charge < -0.3 is 9.84 Å². The number of ether oxygens (including phenoxy) is 1. The molecule has 0 radical (unpaired) electrons. The molecule has 0 unspecified atom stereocenters. The lowest BCUT2D eigenvalue weighted by molar-refractivity contribution is -0.142. The molecule has 1 aromatic heterocycles. The molecule has 0 amide bonds. The molecule has 1 aliphatic rings. The van der Waals surface area contributed by atoms with Gasteiger partial charge in [-0.3, -0.25) is 4.79 Å². The summed E-state index contributed by atoms with van der Waals surface area (Å²) in [4.78, 5) is 16.0. The molecule has 1 N–H and O–H groups in total. The van der Waals surface area contributed by atoms with E-state index in [4.69, 9.17) is 4.74 Å². The van der Waals surface area contributed by atoms with Gasteiger partial charge in [0.1, 0.15) is 16.0 Å². The van der Waals surface area contributed by atoms with Crippen LogP contribution in [0.15, 0.2) is 5.38 Å². The predicted molar refractivity (Wildman–Crippen MR) is 79.2 cm³/mol. The lowest BCUT2D eigenvalue weighted by Gasteiger charge is -2.29. The number of rotatable bonds is 4. The van der Waals surface area contributed by atoms with Crippen molar-refractivity contribution < 1.29 is 14.6 Å².